The number of Topliss-reactive ketones (excluding diaryl/α,β-unsaturated/α-hetero) is 1. The predicted molar refractivity (Wildman–Crippen MR) is 93.9 cm³/mol. The van der Waals surface area contributed by atoms with Gasteiger partial charge in [0.25, 0.3) is 0 Å². The van der Waals surface area contributed by atoms with Gasteiger partial charge >= 0.3 is 0 Å². The van der Waals surface area contributed by atoms with Gasteiger partial charge < -0.3 is 5.32 Å². The minimum Gasteiger partial charge on any atom is -0.378 e. The van der Waals surface area contributed by atoms with Crippen LogP contribution in [0.15, 0.2) is 59.1 Å². The van der Waals surface area contributed by atoms with Gasteiger partial charge in [0, 0.05) is 22.5 Å². The van der Waals surface area contributed by atoms with Crippen LogP contribution in [0, 0.1) is 5.92 Å². The molecule has 22 heavy (non-hydrogen) atoms. The zero-order chi connectivity index (χ0) is 15.4. The molecule has 1 saturated carbocycles. The van der Waals surface area contributed by atoms with Crippen molar-refractivity contribution < 1.29 is 4.79 Å². The Hall–Kier alpha value is -1.61. The molecule has 0 radical (unpaired) electrons. The lowest BCUT2D eigenvalue weighted by Gasteiger charge is -2.31. The van der Waals surface area contributed by atoms with Crippen molar-refractivity contribution in [2.24, 2.45) is 5.92 Å². The van der Waals surface area contributed by atoms with Crippen LogP contribution in [0.2, 0.25) is 0 Å². The van der Waals surface area contributed by atoms with Crippen LogP contribution >= 0.6 is 15.9 Å². The van der Waals surface area contributed by atoms with Gasteiger partial charge in [-0.25, -0.2) is 0 Å². The zero-order valence-electron chi connectivity index (χ0n) is 12.5. The molecule has 114 valence electrons. The minimum atomic E-state index is 0.0511. The number of carbonyl (C=O) groups excluding carboxylic acids is 1. The van der Waals surface area contributed by atoms with E-state index in [1.807, 2.05) is 42.5 Å². The summed E-state index contributed by atoms with van der Waals surface area (Å²) in [6, 6.07) is 18.5. The van der Waals surface area contributed by atoms with E-state index in [-0.39, 0.29) is 12.0 Å². The highest BCUT2D eigenvalue weighted by molar-refractivity contribution is 9.10. The van der Waals surface area contributed by atoms with Crippen molar-refractivity contribution >= 4 is 27.4 Å². The van der Waals surface area contributed by atoms with Crippen LogP contribution in [0.1, 0.15) is 37.3 Å². The summed E-state index contributed by atoms with van der Waals surface area (Å²) < 4.78 is 1.06. The highest BCUT2D eigenvalue weighted by Gasteiger charge is 2.31. The Bertz CT molecular complexity index is 624. The highest BCUT2D eigenvalue weighted by atomic mass is 79.9. The van der Waals surface area contributed by atoms with Gasteiger partial charge in [-0.1, -0.05) is 52.7 Å². The van der Waals surface area contributed by atoms with Crippen molar-refractivity contribution in [2.45, 2.75) is 31.7 Å². The Morgan fingerprint density at radius 1 is 1.00 bits per heavy atom. The Balaban J connectivity index is 1.88. The Labute approximate surface area is 140 Å². The number of hydrogen-bond acceptors (Lipinski definition) is 2. The molecule has 1 aliphatic carbocycles. The molecular formula is C19H20BrNO. The molecule has 0 amide bonds. The van der Waals surface area contributed by atoms with Crippen LogP contribution in [0.5, 0.6) is 0 Å². The number of benzene rings is 2. The standard InChI is InChI=1S/C19H20BrNO/c20-15-10-12-16(13-11-15)21-19(14-6-2-1-3-7-14)17-8-4-5-9-18(17)22/h1-3,6-7,10-13,17,19,21H,4-5,8-9H2/t17-,19-/m0/s1. The first kappa shape index (κ1) is 15.3. The number of anilines is 1. The van der Waals surface area contributed by atoms with Crippen molar-refractivity contribution in [1.29, 1.82) is 0 Å². The normalized spacial score (nSPS) is 19.7. The van der Waals surface area contributed by atoms with Crippen LogP contribution in [0.4, 0.5) is 5.69 Å². The van der Waals surface area contributed by atoms with E-state index in [4.69, 9.17) is 0 Å². The van der Waals surface area contributed by atoms with Gasteiger partial charge in [-0.05, 0) is 42.7 Å². The number of hydrogen-bond donors (Lipinski definition) is 1. The third kappa shape index (κ3) is 3.58. The topological polar surface area (TPSA) is 29.1 Å². The molecule has 0 saturated heterocycles. The molecule has 0 aromatic heterocycles. The number of halogens is 1. The molecule has 2 aromatic rings. The molecule has 3 heteroatoms. The average Bonchev–Trinajstić information content (AvgIpc) is 2.56. The molecule has 0 heterocycles. The van der Waals surface area contributed by atoms with E-state index in [9.17, 15) is 4.79 Å². The van der Waals surface area contributed by atoms with Crippen molar-refractivity contribution in [2.75, 3.05) is 5.32 Å². The Morgan fingerprint density at radius 3 is 2.41 bits per heavy atom. The Morgan fingerprint density at radius 2 is 1.73 bits per heavy atom. The fraction of sp³-hybridized carbons (Fsp3) is 0.316. The van der Waals surface area contributed by atoms with Crippen LogP contribution < -0.4 is 5.32 Å². The molecule has 0 unspecified atom stereocenters. The second-order valence-corrected chi connectivity index (χ2v) is 6.77. The molecule has 0 spiro atoms. The third-order valence-corrected chi connectivity index (χ3v) is 4.86. The number of nitrogens with one attached hydrogen (secondary N) is 1. The smallest absolute Gasteiger partial charge is 0.138 e. The van der Waals surface area contributed by atoms with Crippen molar-refractivity contribution in [3.63, 3.8) is 0 Å². The second-order valence-electron chi connectivity index (χ2n) is 5.86. The van der Waals surface area contributed by atoms with Gasteiger partial charge in [0.15, 0.2) is 0 Å². The SMILES string of the molecule is O=C1CCCC[C@@H]1[C@@H](Nc1ccc(Br)cc1)c1ccccc1. The number of ketones is 1. The van der Waals surface area contributed by atoms with Crippen molar-refractivity contribution in [3.8, 4) is 0 Å². The van der Waals surface area contributed by atoms with Gasteiger partial charge in [-0.2, -0.15) is 0 Å². The van der Waals surface area contributed by atoms with Crippen LogP contribution in [-0.4, -0.2) is 5.78 Å². The van der Waals surface area contributed by atoms with Gasteiger partial charge in [0.05, 0.1) is 6.04 Å². The number of carbonyl (C=O) groups is 1. The maximum Gasteiger partial charge on any atom is 0.138 e. The lowest BCUT2D eigenvalue weighted by atomic mass is 9.80. The first-order chi connectivity index (χ1) is 10.7. The molecular weight excluding hydrogens is 338 g/mol. The molecule has 3 rings (SSSR count). The number of rotatable bonds is 4. The molecule has 1 fully saturated rings. The summed E-state index contributed by atoms with van der Waals surface area (Å²) in [6.07, 6.45) is 3.87. The largest absolute Gasteiger partial charge is 0.378 e. The van der Waals surface area contributed by atoms with E-state index in [1.165, 1.54) is 5.56 Å². The minimum absolute atomic E-state index is 0.0511. The summed E-state index contributed by atoms with van der Waals surface area (Å²) in [5.41, 5.74) is 2.24. The lowest BCUT2D eigenvalue weighted by molar-refractivity contribution is -0.125. The van der Waals surface area contributed by atoms with Crippen molar-refractivity contribution in [1.82, 2.24) is 0 Å². The molecule has 2 atom stereocenters. The monoisotopic (exact) mass is 357 g/mol. The Kier molecular flexibility index (Phi) is 4.94. The van der Waals surface area contributed by atoms with Gasteiger partial charge in [-0.15, -0.1) is 0 Å². The molecule has 2 nitrogen and oxygen atoms in total. The molecule has 1 N–H and O–H groups in total. The van der Waals surface area contributed by atoms with Crippen molar-refractivity contribution in [3.05, 3.63) is 64.6 Å². The van der Waals surface area contributed by atoms with Gasteiger partial charge in [0.1, 0.15) is 5.78 Å². The van der Waals surface area contributed by atoms with Crippen LogP contribution in [0.3, 0.4) is 0 Å². The maximum atomic E-state index is 12.4. The highest BCUT2D eigenvalue weighted by Crippen LogP contribution is 2.35. The molecule has 0 bridgehead atoms. The van der Waals surface area contributed by atoms with E-state index >= 15 is 0 Å². The summed E-state index contributed by atoms with van der Waals surface area (Å²) in [5.74, 6) is 0.463. The van der Waals surface area contributed by atoms with Crippen LogP contribution in [0.25, 0.3) is 0 Å². The van der Waals surface area contributed by atoms with E-state index in [0.717, 1.165) is 35.8 Å². The zero-order valence-corrected chi connectivity index (χ0v) is 14.1. The van der Waals surface area contributed by atoms with Gasteiger partial charge in [-0.3, -0.25) is 4.79 Å². The van der Waals surface area contributed by atoms with E-state index in [0.29, 0.717) is 5.78 Å². The van der Waals surface area contributed by atoms with Gasteiger partial charge in [0.2, 0.25) is 0 Å². The summed E-state index contributed by atoms with van der Waals surface area (Å²) in [7, 11) is 0. The molecule has 0 aliphatic heterocycles. The first-order valence-corrected chi connectivity index (χ1v) is 8.63. The fourth-order valence-corrected chi connectivity index (χ4v) is 3.43. The lowest BCUT2D eigenvalue weighted by Crippen LogP contribution is -2.30. The third-order valence-electron chi connectivity index (χ3n) is 4.33. The fourth-order valence-electron chi connectivity index (χ4n) is 3.16. The van der Waals surface area contributed by atoms with Crippen LogP contribution in [-0.2, 0) is 4.79 Å². The quantitative estimate of drug-likeness (QED) is 0.797. The summed E-state index contributed by atoms with van der Waals surface area (Å²) in [5, 5.41) is 3.58. The predicted octanol–water partition coefficient (Wildman–Crippen LogP) is 5.36. The average molecular weight is 358 g/mol. The van der Waals surface area contributed by atoms with E-state index in [2.05, 4.69) is 33.4 Å². The second kappa shape index (κ2) is 7.10. The molecule has 1 aliphatic rings. The molecule has 2 aromatic carbocycles. The maximum absolute atomic E-state index is 12.4. The summed E-state index contributed by atoms with van der Waals surface area (Å²) >= 11 is 3.46. The van der Waals surface area contributed by atoms with E-state index < -0.39 is 0 Å². The first-order valence-electron chi connectivity index (χ1n) is 7.84. The van der Waals surface area contributed by atoms with E-state index in [1.54, 1.807) is 0 Å². The summed E-state index contributed by atoms with van der Waals surface area (Å²) in [4.78, 5) is 12.4. The summed E-state index contributed by atoms with van der Waals surface area (Å²) in [6.45, 7) is 0.